The van der Waals surface area contributed by atoms with Gasteiger partial charge in [-0.1, -0.05) is 37.9 Å². The number of thioether (sulfide) groups is 1. The highest BCUT2D eigenvalue weighted by Crippen LogP contribution is 2.39. The lowest BCUT2D eigenvalue weighted by molar-refractivity contribution is 0.275. The Bertz CT molecular complexity index is 344. The molecule has 1 fully saturated rings. The molecule has 0 aliphatic heterocycles. The Kier molecular flexibility index (Phi) is 5.45. The van der Waals surface area contributed by atoms with Crippen molar-refractivity contribution in [2.24, 2.45) is 17.6 Å². The summed E-state index contributed by atoms with van der Waals surface area (Å²) in [5.74, 6) is 1.51. The number of hydrogen-bond donors (Lipinski definition) is 1. The third kappa shape index (κ3) is 3.69. The molecule has 1 heterocycles. The molecule has 0 bridgehead atoms. The van der Waals surface area contributed by atoms with Crippen LogP contribution in [-0.4, -0.2) is 21.8 Å². The van der Waals surface area contributed by atoms with E-state index in [1.54, 1.807) is 0 Å². The number of aromatic nitrogens is 2. The molecular formula is C14H23N3S. The molecule has 1 aromatic rings. The number of nitrogens with zero attached hydrogens (tertiary/aromatic N) is 2. The van der Waals surface area contributed by atoms with Gasteiger partial charge in [0.1, 0.15) is 0 Å². The van der Waals surface area contributed by atoms with E-state index in [9.17, 15) is 0 Å². The van der Waals surface area contributed by atoms with Gasteiger partial charge in [0.2, 0.25) is 0 Å². The molecule has 1 aromatic heterocycles. The highest BCUT2D eigenvalue weighted by molar-refractivity contribution is 7.99. The van der Waals surface area contributed by atoms with Gasteiger partial charge in [-0.05, 0) is 37.3 Å². The van der Waals surface area contributed by atoms with E-state index in [0.29, 0.717) is 11.2 Å². The van der Waals surface area contributed by atoms with E-state index in [0.717, 1.165) is 17.6 Å². The van der Waals surface area contributed by atoms with Crippen LogP contribution in [0.2, 0.25) is 0 Å². The van der Waals surface area contributed by atoms with Crippen LogP contribution < -0.4 is 5.73 Å². The fourth-order valence-electron chi connectivity index (χ4n) is 2.84. The molecule has 1 aliphatic rings. The van der Waals surface area contributed by atoms with Gasteiger partial charge >= 0.3 is 0 Å². The molecule has 1 saturated carbocycles. The lowest BCUT2D eigenvalue weighted by Gasteiger charge is -2.34. The average molecular weight is 265 g/mol. The normalized spacial score (nSPS) is 28.2. The molecule has 4 heteroatoms. The summed E-state index contributed by atoms with van der Waals surface area (Å²) in [5, 5.41) is 1.50. The zero-order chi connectivity index (χ0) is 12.8. The van der Waals surface area contributed by atoms with Gasteiger partial charge in [-0.15, -0.1) is 0 Å². The van der Waals surface area contributed by atoms with Crippen LogP contribution in [0.4, 0.5) is 0 Å². The van der Waals surface area contributed by atoms with Crippen LogP contribution in [-0.2, 0) is 0 Å². The van der Waals surface area contributed by atoms with Gasteiger partial charge in [0, 0.05) is 17.6 Å². The standard InChI is InChI=1S/C14H23N3S/c1-2-4-11-5-6-12(10-15)13(9-11)18-14-16-7-3-8-17-14/h3,7-8,11-13H,2,4-6,9-10,15H2,1H3. The van der Waals surface area contributed by atoms with Crippen molar-refractivity contribution in [3.05, 3.63) is 18.5 Å². The predicted octanol–water partition coefficient (Wildman–Crippen LogP) is 3.11. The first-order chi connectivity index (χ1) is 8.83. The molecule has 0 saturated heterocycles. The van der Waals surface area contributed by atoms with Crippen LogP contribution in [0.15, 0.2) is 23.6 Å². The maximum atomic E-state index is 5.91. The molecule has 2 rings (SSSR count). The van der Waals surface area contributed by atoms with Crippen molar-refractivity contribution in [1.29, 1.82) is 0 Å². The number of rotatable bonds is 5. The van der Waals surface area contributed by atoms with E-state index >= 15 is 0 Å². The minimum Gasteiger partial charge on any atom is -0.330 e. The Morgan fingerprint density at radius 3 is 2.78 bits per heavy atom. The monoisotopic (exact) mass is 265 g/mol. The van der Waals surface area contributed by atoms with Crippen LogP contribution in [0.5, 0.6) is 0 Å². The molecular weight excluding hydrogens is 242 g/mol. The van der Waals surface area contributed by atoms with Crippen molar-refractivity contribution in [3.63, 3.8) is 0 Å². The van der Waals surface area contributed by atoms with Gasteiger partial charge in [-0.25, -0.2) is 9.97 Å². The maximum absolute atomic E-state index is 5.91. The molecule has 2 N–H and O–H groups in total. The van der Waals surface area contributed by atoms with E-state index in [4.69, 9.17) is 5.73 Å². The molecule has 1 aliphatic carbocycles. The molecule has 100 valence electrons. The van der Waals surface area contributed by atoms with Gasteiger partial charge in [0.25, 0.3) is 0 Å². The quantitative estimate of drug-likeness (QED) is 0.831. The van der Waals surface area contributed by atoms with E-state index in [2.05, 4.69) is 16.9 Å². The number of hydrogen-bond acceptors (Lipinski definition) is 4. The van der Waals surface area contributed by atoms with Gasteiger partial charge in [0.05, 0.1) is 0 Å². The van der Waals surface area contributed by atoms with Crippen LogP contribution in [0.1, 0.15) is 39.0 Å². The fourth-order valence-corrected chi connectivity index (χ4v) is 4.16. The molecule has 0 amide bonds. The Hall–Kier alpha value is -0.610. The van der Waals surface area contributed by atoms with Crippen molar-refractivity contribution in [1.82, 2.24) is 9.97 Å². The Labute approximate surface area is 114 Å². The largest absolute Gasteiger partial charge is 0.330 e. The second kappa shape index (κ2) is 7.10. The Balaban J connectivity index is 1.98. The van der Waals surface area contributed by atoms with E-state index in [1.807, 2.05) is 30.2 Å². The minimum absolute atomic E-state index is 0.600. The van der Waals surface area contributed by atoms with Crippen LogP contribution in [0.3, 0.4) is 0 Å². The molecule has 0 aromatic carbocycles. The molecule has 0 radical (unpaired) electrons. The summed E-state index contributed by atoms with van der Waals surface area (Å²) in [6, 6.07) is 1.87. The van der Waals surface area contributed by atoms with Crippen molar-refractivity contribution in [2.45, 2.75) is 49.4 Å². The zero-order valence-corrected chi connectivity index (χ0v) is 11.9. The lowest BCUT2D eigenvalue weighted by atomic mass is 9.80. The third-order valence-electron chi connectivity index (χ3n) is 3.84. The van der Waals surface area contributed by atoms with Crippen molar-refractivity contribution >= 4 is 11.8 Å². The van der Waals surface area contributed by atoms with Crippen molar-refractivity contribution < 1.29 is 0 Å². The van der Waals surface area contributed by atoms with Crippen LogP contribution in [0, 0.1) is 11.8 Å². The minimum atomic E-state index is 0.600. The highest BCUT2D eigenvalue weighted by Gasteiger charge is 2.30. The topological polar surface area (TPSA) is 51.8 Å². The van der Waals surface area contributed by atoms with Crippen LogP contribution in [0.25, 0.3) is 0 Å². The Morgan fingerprint density at radius 1 is 1.33 bits per heavy atom. The summed E-state index contributed by atoms with van der Waals surface area (Å²) < 4.78 is 0. The molecule has 3 atom stereocenters. The van der Waals surface area contributed by atoms with Crippen LogP contribution >= 0.6 is 11.8 Å². The maximum Gasteiger partial charge on any atom is 0.187 e. The van der Waals surface area contributed by atoms with Gasteiger partial charge in [0.15, 0.2) is 5.16 Å². The first kappa shape index (κ1) is 13.8. The average Bonchev–Trinajstić information content (AvgIpc) is 2.41. The Morgan fingerprint density at radius 2 is 2.11 bits per heavy atom. The zero-order valence-electron chi connectivity index (χ0n) is 11.1. The summed E-state index contributed by atoms with van der Waals surface area (Å²) in [7, 11) is 0. The smallest absolute Gasteiger partial charge is 0.187 e. The molecule has 3 unspecified atom stereocenters. The van der Waals surface area contributed by atoms with Crippen molar-refractivity contribution in [2.75, 3.05) is 6.54 Å². The summed E-state index contributed by atoms with van der Waals surface area (Å²) in [6.45, 7) is 3.07. The number of nitrogens with two attached hydrogens (primary N) is 1. The van der Waals surface area contributed by atoms with E-state index in [1.165, 1.54) is 32.1 Å². The summed E-state index contributed by atoms with van der Waals surface area (Å²) in [5.41, 5.74) is 5.91. The highest BCUT2D eigenvalue weighted by atomic mass is 32.2. The second-order valence-corrected chi connectivity index (χ2v) is 6.36. The summed E-state index contributed by atoms with van der Waals surface area (Å²) >= 11 is 1.82. The fraction of sp³-hybridized carbons (Fsp3) is 0.714. The van der Waals surface area contributed by atoms with Gasteiger partial charge in [-0.2, -0.15) is 0 Å². The third-order valence-corrected chi connectivity index (χ3v) is 5.14. The van der Waals surface area contributed by atoms with Gasteiger partial charge in [-0.3, -0.25) is 0 Å². The molecule has 3 nitrogen and oxygen atoms in total. The summed E-state index contributed by atoms with van der Waals surface area (Å²) in [4.78, 5) is 8.65. The first-order valence-electron chi connectivity index (χ1n) is 6.97. The van der Waals surface area contributed by atoms with E-state index in [-0.39, 0.29) is 0 Å². The van der Waals surface area contributed by atoms with Crippen molar-refractivity contribution in [3.8, 4) is 0 Å². The lowest BCUT2D eigenvalue weighted by Crippen LogP contribution is -2.32. The predicted molar refractivity (Wildman–Crippen MR) is 76.5 cm³/mol. The first-order valence-corrected chi connectivity index (χ1v) is 7.85. The van der Waals surface area contributed by atoms with E-state index < -0.39 is 0 Å². The second-order valence-electron chi connectivity index (χ2n) is 5.15. The SMILES string of the molecule is CCCC1CCC(CN)C(Sc2ncccn2)C1. The molecule has 0 spiro atoms. The molecule has 18 heavy (non-hydrogen) atoms. The summed E-state index contributed by atoms with van der Waals surface area (Å²) in [6.07, 6.45) is 10.2. The van der Waals surface area contributed by atoms with Gasteiger partial charge < -0.3 is 5.73 Å².